The predicted molar refractivity (Wildman–Crippen MR) is 115 cm³/mol. The molecule has 2 heterocycles. The smallest absolute Gasteiger partial charge is 0.232 e. The zero-order valence-corrected chi connectivity index (χ0v) is 17.5. The summed E-state index contributed by atoms with van der Waals surface area (Å²) in [4.78, 5) is 17.3. The normalized spacial score (nSPS) is 14.8. The highest BCUT2D eigenvalue weighted by molar-refractivity contribution is 7.92. The van der Waals surface area contributed by atoms with Gasteiger partial charge in [0.15, 0.2) is 0 Å². The molecule has 3 aromatic rings. The molecule has 2 aromatic carbocycles. The van der Waals surface area contributed by atoms with E-state index in [1.807, 2.05) is 44.2 Å². The topological polar surface area (TPSA) is 84.3 Å². The number of amides is 1. The number of hydrogen-bond donors (Lipinski definition) is 1. The summed E-state index contributed by atoms with van der Waals surface area (Å²) in [5, 5.41) is 2.96. The Balaban J connectivity index is 1.49. The lowest BCUT2D eigenvalue weighted by Gasteiger charge is -2.17. The first kappa shape index (κ1) is 19.4. The van der Waals surface area contributed by atoms with Crippen molar-refractivity contribution in [3.05, 3.63) is 53.9 Å². The number of sulfonamides is 1. The first-order valence-electron chi connectivity index (χ1n) is 9.57. The number of rotatable bonds is 5. The number of aromatic nitrogens is 2. The molecule has 0 bridgehead atoms. The number of benzene rings is 2. The van der Waals surface area contributed by atoms with Crippen molar-refractivity contribution in [1.29, 1.82) is 0 Å². The highest BCUT2D eigenvalue weighted by atomic mass is 32.2. The van der Waals surface area contributed by atoms with Crippen molar-refractivity contribution in [2.45, 2.75) is 26.8 Å². The maximum absolute atomic E-state index is 12.8. The van der Waals surface area contributed by atoms with Crippen LogP contribution in [0.5, 0.6) is 0 Å². The molecule has 29 heavy (non-hydrogen) atoms. The Hall–Kier alpha value is -2.87. The summed E-state index contributed by atoms with van der Waals surface area (Å²) in [5.74, 6) is 0.538. The molecule has 0 fully saturated rings. The number of carbonyl (C=O) groups excluding carboxylic acids is 1. The first-order chi connectivity index (χ1) is 13.7. The molecular weight excluding hydrogens is 388 g/mol. The van der Waals surface area contributed by atoms with Crippen LogP contribution in [0.15, 0.2) is 42.5 Å². The van der Waals surface area contributed by atoms with E-state index in [9.17, 15) is 13.2 Å². The largest absolute Gasteiger partial charge is 0.327 e. The van der Waals surface area contributed by atoms with Gasteiger partial charge in [0.05, 0.1) is 28.9 Å². The van der Waals surface area contributed by atoms with Crippen molar-refractivity contribution in [1.82, 2.24) is 9.55 Å². The van der Waals surface area contributed by atoms with Crippen LogP contribution in [0.2, 0.25) is 0 Å². The van der Waals surface area contributed by atoms with Gasteiger partial charge in [-0.05, 0) is 49.2 Å². The third kappa shape index (κ3) is 3.72. The molecule has 1 N–H and O–H groups in total. The van der Waals surface area contributed by atoms with E-state index in [4.69, 9.17) is 0 Å². The van der Waals surface area contributed by atoms with Crippen LogP contribution < -0.4 is 9.62 Å². The van der Waals surface area contributed by atoms with Gasteiger partial charge in [-0.3, -0.25) is 9.10 Å². The number of para-hydroxylation sites is 2. The number of imidazole rings is 1. The fraction of sp³-hybridized carbons (Fsp3) is 0.333. The van der Waals surface area contributed by atoms with Crippen LogP contribution in [-0.4, -0.2) is 36.7 Å². The monoisotopic (exact) mass is 412 g/mol. The maximum Gasteiger partial charge on any atom is 0.232 e. The molecule has 8 heteroatoms. The van der Waals surface area contributed by atoms with Gasteiger partial charge in [0.1, 0.15) is 5.82 Å². The summed E-state index contributed by atoms with van der Waals surface area (Å²) in [6, 6.07) is 13.3. The molecule has 152 valence electrons. The quantitative estimate of drug-likeness (QED) is 0.698. The van der Waals surface area contributed by atoms with Gasteiger partial charge in [-0.2, -0.15) is 0 Å². The van der Waals surface area contributed by atoms with Crippen LogP contribution >= 0.6 is 0 Å². The van der Waals surface area contributed by atoms with Gasteiger partial charge in [0.2, 0.25) is 15.9 Å². The van der Waals surface area contributed by atoms with Crippen molar-refractivity contribution in [3.63, 3.8) is 0 Å². The Labute approximate surface area is 170 Å². The average molecular weight is 413 g/mol. The molecule has 7 nitrogen and oxygen atoms in total. The van der Waals surface area contributed by atoms with Gasteiger partial charge in [0.25, 0.3) is 0 Å². The third-order valence-electron chi connectivity index (χ3n) is 5.35. The van der Waals surface area contributed by atoms with Gasteiger partial charge >= 0.3 is 0 Å². The number of aryl methyl sites for hydroxylation is 1. The Bertz CT molecular complexity index is 1200. The van der Waals surface area contributed by atoms with Crippen LogP contribution in [-0.2, 0) is 27.8 Å². The molecule has 0 radical (unpaired) electrons. The lowest BCUT2D eigenvalue weighted by molar-refractivity contribution is -0.119. The lowest BCUT2D eigenvalue weighted by atomic mass is 10.1. The number of nitrogens with one attached hydrogen (secondary N) is 1. The number of nitrogens with zero attached hydrogens (tertiary/aromatic N) is 3. The molecular formula is C21H24N4O3S. The van der Waals surface area contributed by atoms with E-state index in [1.54, 1.807) is 12.1 Å². The zero-order valence-electron chi connectivity index (χ0n) is 16.7. The maximum atomic E-state index is 12.8. The van der Waals surface area contributed by atoms with Crippen molar-refractivity contribution in [3.8, 4) is 0 Å². The average Bonchev–Trinajstić information content (AvgIpc) is 3.22. The standard InChI is InChI=1S/C21H24N4O3S/c1-14(13-24-15(2)22-18-6-4-5-7-20(18)24)21(26)23-17-8-9-19-16(12-17)10-11-25(19)29(3,27)28/h4-9,12,14H,10-11,13H2,1-3H3,(H,23,26)/t14-/m0/s1. The minimum atomic E-state index is -3.28. The first-order valence-corrected chi connectivity index (χ1v) is 11.4. The molecule has 0 spiro atoms. The Morgan fingerprint density at radius 3 is 2.76 bits per heavy atom. The van der Waals surface area contributed by atoms with Crippen molar-refractivity contribution < 1.29 is 13.2 Å². The molecule has 1 aliphatic heterocycles. The summed E-state index contributed by atoms with van der Waals surface area (Å²) < 4.78 is 27.2. The van der Waals surface area contributed by atoms with Crippen LogP contribution in [0.4, 0.5) is 11.4 Å². The molecule has 0 saturated carbocycles. The predicted octanol–water partition coefficient (Wildman–Crippen LogP) is 2.94. The van der Waals surface area contributed by atoms with E-state index in [-0.39, 0.29) is 11.8 Å². The van der Waals surface area contributed by atoms with E-state index in [0.29, 0.717) is 30.9 Å². The van der Waals surface area contributed by atoms with Crippen molar-refractivity contribution in [2.75, 3.05) is 22.4 Å². The highest BCUT2D eigenvalue weighted by Crippen LogP contribution is 2.32. The summed E-state index contributed by atoms with van der Waals surface area (Å²) in [6.07, 6.45) is 1.85. The van der Waals surface area contributed by atoms with E-state index >= 15 is 0 Å². The fourth-order valence-electron chi connectivity index (χ4n) is 3.84. The summed E-state index contributed by atoms with van der Waals surface area (Å²) in [6.45, 7) is 4.81. The third-order valence-corrected chi connectivity index (χ3v) is 6.53. The summed E-state index contributed by atoms with van der Waals surface area (Å²) >= 11 is 0. The second-order valence-corrected chi connectivity index (χ2v) is 9.48. The van der Waals surface area contributed by atoms with E-state index in [0.717, 1.165) is 22.4 Å². The Morgan fingerprint density at radius 2 is 2.00 bits per heavy atom. The van der Waals surface area contributed by atoms with Gasteiger partial charge in [0, 0.05) is 18.8 Å². The van der Waals surface area contributed by atoms with Crippen molar-refractivity contribution in [2.24, 2.45) is 5.92 Å². The second kappa shape index (κ2) is 7.18. The Morgan fingerprint density at radius 1 is 1.24 bits per heavy atom. The second-order valence-electron chi connectivity index (χ2n) is 7.58. The molecule has 1 atom stereocenters. The van der Waals surface area contributed by atoms with Crippen LogP contribution in [0.3, 0.4) is 0 Å². The van der Waals surface area contributed by atoms with Crippen molar-refractivity contribution >= 4 is 38.3 Å². The Kier molecular flexibility index (Phi) is 4.82. The van der Waals surface area contributed by atoms with E-state index < -0.39 is 10.0 Å². The number of fused-ring (bicyclic) bond motifs is 2. The van der Waals surface area contributed by atoms with E-state index in [1.165, 1.54) is 10.6 Å². The highest BCUT2D eigenvalue weighted by Gasteiger charge is 2.26. The zero-order chi connectivity index (χ0) is 20.8. The van der Waals surface area contributed by atoms with Crippen LogP contribution in [0, 0.1) is 12.8 Å². The van der Waals surface area contributed by atoms with Gasteiger partial charge in [-0.25, -0.2) is 13.4 Å². The van der Waals surface area contributed by atoms with Crippen LogP contribution in [0.1, 0.15) is 18.3 Å². The van der Waals surface area contributed by atoms with Gasteiger partial charge in [-0.15, -0.1) is 0 Å². The van der Waals surface area contributed by atoms with Crippen LogP contribution in [0.25, 0.3) is 11.0 Å². The summed E-state index contributed by atoms with van der Waals surface area (Å²) in [7, 11) is -3.28. The summed E-state index contributed by atoms with van der Waals surface area (Å²) in [5.41, 5.74) is 4.24. The number of carbonyl (C=O) groups is 1. The molecule has 1 aromatic heterocycles. The number of hydrogen-bond acceptors (Lipinski definition) is 4. The molecule has 0 saturated heterocycles. The SMILES string of the molecule is Cc1nc2ccccc2n1C[C@H](C)C(=O)Nc1ccc2c(c1)CCN2S(C)(=O)=O. The van der Waals surface area contributed by atoms with Gasteiger partial charge < -0.3 is 9.88 Å². The fourth-order valence-corrected chi connectivity index (χ4v) is 4.80. The molecule has 0 aliphatic carbocycles. The molecule has 4 rings (SSSR count). The molecule has 0 unspecified atom stereocenters. The van der Waals surface area contributed by atoms with Gasteiger partial charge in [-0.1, -0.05) is 19.1 Å². The van der Waals surface area contributed by atoms with E-state index in [2.05, 4.69) is 14.9 Å². The minimum absolute atomic E-state index is 0.0832. The number of anilines is 2. The lowest BCUT2D eigenvalue weighted by Crippen LogP contribution is -2.27. The molecule has 1 amide bonds. The molecule has 1 aliphatic rings. The minimum Gasteiger partial charge on any atom is -0.327 e.